The first kappa shape index (κ1) is 9.75. The lowest BCUT2D eigenvalue weighted by atomic mass is 10.0. The maximum atomic E-state index is 11.9. The van der Waals surface area contributed by atoms with Crippen LogP contribution in [0.5, 0.6) is 0 Å². The monoisotopic (exact) mass is 155 g/mol. The van der Waals surface area contributed by atoms with Crippen LogP contribution in [0.15, 0.2) is 0 Å². The molecule has 0 heterocycles. The minimum absolute atomic E-state index is 0.412. The molecule has 0 saturated carbocycles. The number of rotatable bonds is 2. The van der Waals surface area contributed by atoms with Gasteiger partial charge in [-0.3, -0.25) is 0 Å². The van der Waals surface area contributed by atoms with Gasteiger partial charge in [-0.25, -0.2) is 0 Å². The third-order valence-corrected chi connectivity index (χ3v) is 1.33. The van der Waals surface area contributed by atoms with Crippen LogP contribution >= 0.6 is 0 Å². The molecule has 0 aromatic carbocycles. The molecule has 0 amide bonds. The van der Waals surface area contributed by atoms with Gasteiger partial charge in [-0.2, -0.15) is 13.2 Å². The van der Waals surface area contributed by atoms with E-state index in [-0.39, 0.29) is 0 Å². The first-order chi connectivity index (χ1) is 4.39. The first-order valence-electron chi connectivity index (χ1n) is 3.13. The fraction of sp³-hybridized carbons (Fsp3) is 1.00. The summed E-state index contributed by atoms with van der Waals surface area (Å²) in [5.74, 6) is -0.412. The molecule has 0 spiro atoms. The second kappa shape index (κ2) is 3.23. The molecule has 1 N–H and O–H groups in total. The molecule has 0 aliphatic carbocycles. The van der Waals surface area contributed by atoms with E-state index in [9.17, 15) is 13.2 Å². The maximum absolute atomic E-state index is 11.9. The fourth-order valence-corrected chi connectivity index (χ4v) is 0.875. The number of hydrogen-bond acceptors (Lipinski definition) is 1. The molecule has 0 aromatic rings. The molecule has 0 aliphatic heterocycles. The Morgan fingerprint density at radius 3 is 1.60 bits per heavy atom. The van der Waals surface area contributed by atoms with Gasteiger partial charge in [0.25, 0.3) is 0 Å². The van der Waals surface area contributed by atoms with Crippen LogP contribution < -0.4 is 5.32 Å². The lowest BCUT2D eigenvalue weighted by Crippen LogP contribution is -2.43. The van der Waals surface area contributed by atoms with E-state index in [1.807, 2.05) is 0 Å². The summed E-state index contributed by atoms with van der Waals surface area (Å²) in [4.78, 5) is 0. The van der Waals surface area contributed by atoms with Crippen LogP contribution in [0.25, 0.3) is 0 Å². The summed E-state index contributed by atoms with van der Waals surface area (Å²) in [6.07, 6.45) is -4.12. The lowest BCUT2D eigenvalue weighted by Gasteiger charge is -2.22. The Bertz CT molecular complexity index is 97.7. The van der Waals surface area contributed by atoms with Gasteiger partial charge in [-0.05, 0) is 13.0 Å². The summed E-state index contributed by atoms with van der Waals surface area (Å²) >= 11 is 0. The normalized spacial score (nSPS) is 15.9. The predicted octanol–water partition coefficient (Wildman–Crippen LogP) is 1.79. The Labute approximate surface area is 58.6 Å². The lowest BCUT2D eigenvalue weighted by molar-refractivity contribution is -0.163. The van der Waals surface area contributed by atoms with Crippen molar-refractivity contribution < 1.29 is 13.2 Å². The minimum atomic E-state index is -4.12. The highest BCUT2D eigenvalue weighted by atomic mass is 19.4. The van der Waals surface area contributed by atoms with Crippen LogP contribution in [0, 0.1) is 5.92 Å². The Morgan fingerprint density at radius 1 is 1.20 bits per heavy atom. The smallest absolute Gasteiger partial charge is 0.309 e. The highest BCUT2D eigenvalue weighted by Gasteiger charge is 2.40. The van der Waals surface area contributed by atoms with Gasteiger partial charge in [0.2, 0.25) is 0 Å². The zero-order valence-corrected chi connectivity index (χ0v) is 6.29. The molecular weight excluding hydrogens is 143 g/mol. The topological polar surface area (TPSA) is 12.0 Å². The number of hydrogen-bond donors (Lipinski definition) is 1. The van der Waals surface area contributed by atoms with Crippen LogP contribution in [0.4, 0.5) is 13.2 Å². The molecular formula is C6H12F3N. The van der Waals surface area contributed by atoms with Crippen molar-refractivity contribution in [2.45, 2.75) is 26.1 Å². The summed E-state index contributed by atoms with van der Waals surface area (Å²) in [5.41, 5.74) is 0. The van der Waals surface area contributed by atoms with Crippen molar-refractivity contribution in [2.75, 3.05) is 7.05 Å². The van der Waals surface area contributed by atoms with Crippen LogP contribution in [0.3, 0.4) is 0 Å². The number of halogens is 3. The van der Waals surface area contributed by atoms with E-state index < -0.39 is 18.1 Å². The standard InChI is InChI=1S/C6H12F3N/c1-4(2)5(10-3)6(7,8)9/h4-5,10H,1-3H3/t5-/m1/s1. The zero-order valence-electron chi connectivity index (χ0n) is 6.29. The van der Waals surface area contributed by atoms with Crippen molar-refractivity contribution >= 4 is 0 Å². The molecule has 1 atom stereocenters. The molecule has 0 bridgehead atoms. The van der Waals surface area contributed by atoms with Gasteiger partial charge in [0.05, 0.1) is 0 Å². The van der Waals surface area contributed by atoms with Gasteiger partial charge in [0.15, 0.2) is 0 Å². The number of alkyl halides is 3. The highest BCUT2D eigenvalue weighted by molar-refractivity contribution is 4.75. The van der Waals surface area contributed by atoms with Gasteiger partial charge in [-0.1, -0.05) is 13.8 Å². The zero-order chi connectivity index (χ0) is 8.36. The van der Waals surface area contributed by atoms with E-state index in [2.05, 4.69) is 5.32 Å². The summed E-state index contributed by atoms with van der Waals surface area (Å²) in [6.45, 7) is 3.07. The van der Waals surface area contributed by atoms with Crippen molar-refractivity contribution in [3.63, 3.8) is 0 Å². The molecule has 0 aliphatic rings. The molecule has 0 aromatic heterocycles. The molecule has 10 heavy (non-hydrogen) atoms. The summed E-state index contributed by atoms with van der Waals surface area (Å²) in [6, 6.07) is -1.38. The molecule has 0 radical (unpaired) electrons. The van der Waals surface area contributed by atoms with E-state index >= 15 is 0 Å². The van der Waals surface area contributed by atoms with Crippen molar-refractivity contribution in [2.24, 2.45) is 5.92 Å². The van der Waals surface area contributed by atoms with Crippen LogP contribution in [-0.2, 0) is 0 Å². The second-order valence-electron chi connectivity index (χ2n) is 2.55. The summed E-state index contributed by atoms with van der Waals surface area (Å²) in [7, 11) is 1.32. The molecule has 0 fully saturated rings. The van der Waals surface area contributed by atoms with Crippen LogP contribution in [-0.4, -0.2) is 19.3 Å². The fourth-order valence-electron chi connectivity index (χ4n) is 0.875. The maximum Gasteiger partial charge on any atom is 0.404 e. The Kier molecular flexibility index (Phi) is 3.15. The molecule has 0 saturated heterocycles. The largest absolute Gasteiger partial charge is 0.404 e. The van der Waals surface area contributed by atoms with Gasteiger partial charge < -0.3 is 5.32 Å². The third-order valence-electron chi connectivity index (χ3n) is 1.33. The molecule has 62 valence electrons. The van der Waals surface area contributed by atoms with E-state index in [1.165, 1.54) is 20.9 Å². The molecule has 0 unspecified atom stereocenters. The van der Waals surface area contributed by atoms with Gasteiger partial charge in [0, 0.05) is 0 Å². The van der Waals surface area contributed by atoms with Crippen molar-refractivity contribution in [1.82, 2.24) is 5.32 Å². The average molecular weight is 155 g/mol. The first-order valence-corrected chi connectivity index (χ1v) is 3.13. The summed E-state index contributed by atoms with van der Waals surface area (Å²) in [5, 5.41) is 2.22. The van der Waals surface area contributed by atoms with Gasteiger partial charge in [-0.15, -0.1) is 0 Å². The average Bonchev–Trinajstić information content (AvgIpc) is 1.60. The van der Waals surface area contributed by atoms with Crippen molar-refractivity contribution in [3.8, 4) is 0 Å². The predicted molar refractivity (Wildman–Crippen MR) is 33.7 cm³/mol. The van der Waals surface area contributed by atoms with Gasteiger partial charge in [0.1, 0.15) is 6.04 Å². The van der Waals surface area contributed by atoms with Gasteiger partial charge >= 0.3 is 6.18 Å². The van der Waals surface area contributed by atoms with E-state index in [4.69, 9.17) is 0 Å². The molecule has 4 heteroatoms. The van der Waals surface area contributed by atoms with Crippen molar-refractivity contribution in [3.05, 3.63) is 0 Å². The van der Waals surface area contributed by atoms with Crippen LogP contribution in [0.1, 0.15) is 13.8 Å². The Morgan fingerprint density at radius 2 is 1.60 bits per heavy atom. The van der Waals surface area contributed by atoms with E-state index in [0.717, 1.165) is 0 Å². The van der Waals surface area contributed by atoms with Crippen LogP contribution in [0.2, 0.25) is 0 Å². The Balaban J connectivity index is 4.07. The molecule has 0 rings (SSSR count). The third kappa shape index (κ3) is 2.56. The van der Waals surface area contributed by atoms with E-state index in [1.54, 1.807) is 0 Å². The minimum Gasteiger partial charge on any atom is -0.309 e. The quantitative estimate of drug-likeness (QED) is 0.641. The van der Waals surface area contributed by atoms with E-state index in [0.29, 0.717) is 0 Å². The number of nitrogens with one attached hydrogen (secondary N) is 1. The van der Waals surface area contributed by atoms with Crippen molar-refractivity contribution in [1.29, 1.82) is 0 Å². The second-order valence-corrected chi connectivity index (χ2v) is 2.55. The molecule has 1 nitrogen and oxygen atoms in total. The Hall–Kier alpha value is -0.250. The highest BCUT2D eigenvalue weighted by Crippen LogP contribution is 2.24. The summed E-state index contributed by atoms with van der Waals surface area (Å²) < 4.78 is 35.7. The SMILES string of the molecule is CN[C@H](C(C)C)C(F)(F)F.